The summed E-state index contributed by atoms with van der Waals surface area (Å²) in [7, 11) is 0. The predicted octanol–water partition coefficient (Wildman–Crippen LogP) is 5.38. The lowest BCUT2D eigenvalue weighted by Gasteiger charge is -2.36. The average molecular weight is 363 g/mol. The maximum absolute atomic E-state index is 6.02. The summed E-state index contributed by atoms with van der Waals surface area (Å²) in [4.78, 5) is 8.88. The van der Waals surface area contributed by atoms with E-state index in [0.29, 0.717) is 11.4 Å². The summed E-state index contributed by atoms with van der Waals surface area (Å²) < 4.78 is 7.06. The number of hydrogen-bond acceptors (Lipinski definition) is 3. The van der Waals surface area contributed by atoms with E-state index in [9.17, 15) is 0 Å². The van der Waals surface area contributed by atoms with Gasteiger partial charge in [-0.3, -0.25) is 0 Å². The SMILES string of the molecule is CC(C)(C)C1CCC(Oc2ncc3cc(Br)ccc3n2)CC1. The Hall–Kier alpha value is -1.16. The van der Waals surface area contributed by atoms with Crippen molar-refractivity contribution in [3.63, 3.8) is 0 Å². The van der Waals surface area contributed by atoms with Gasteiger partial charge in [-0.05, 0) is 55.2 Å². The first-order valence-electron chi connectivity index (χ1n) is 8.01. The second-order valence-corrected chi connectivity index (χ2v) is 8.23. The number of fused-ring (bicyclic) bond motifs is 1. The van der Waals surface area contributed by atoms with Gasteiger partial charge in [0.05, 0.1) is 5.52 Å². The number of rotatable bonds is 2. The zero-order valence-electron chi connectivity index (χ0n) is 13.5. The van der Waals surface area contributed by atoms with E-state index in [1.54, 1.807) is 0 Å². The van der Waals surface area contributed by atoms with E-state index in [4.69, 9.17) is 4.74 Å². The quantitative estimate of drug-likeness (QED) is 0.719. The van der Waals surface area contributed by atoms with E-state index < -0.39 is 0 Å². The van der Waals surface area contributed by atoms with Crippen LogP contribution < -0.4 is 4.74 Å². The largest absolute Gasteiger partial charge is 0.460 e. The number of ether oxygens (including phenoxy) is 1. The number of benzene rings is 1. The molecule has 0 unspecified atom stereocenters. The number of nitrogens with zero attached hydrogens (tertiary/aromatic N) is 2. The molecule has 0 aliphatic heterocycles. The van der Waals surface area contributed by atoms with E-state index in [-0.39, 0.29) is 6.10 Å². The topological polar surface area (TPSA) is 35.0 Å². The Morgan fingerprint density at radius 1 is 1.14 bits per heavy atom. The molecule has 3 rings (SSSR count). The lowest BCUT2D eigenvalue weighted by atomic mass is 9.72. The van der Waals surface area contributed by atoms with Crippen LogP contribution in [0.15, 0.2) is 28.9 Å². The molecular formula is C18H23BrN2O. The van der Waals surface area contributed by atoms with E-state index in [1.807, 2.05) is 24.4 Å². The van der Waals surface area contributed by atoms with Crippen LogP contribution in [0.2, 0.25) is 0 Å². The number of aromatic nitrogens is 2. The molecule has 1 fully saturated rings. The van der Waals surface area contributed by atoms with Crippen LogP contribution in [0.4, 0.5) is 0 Å². The molecule has 0 atom stereocenters. The molecule has 22 heavy (non-hydrogen) atoms. The fourth-order valence-corrected chi connectivity index (χ4v) is 3.62. The molecule has 0 radical (unpaired) electrons. The van der Waals surface area contributed by atoms with Gasteiger partial charge in [-0.2, -0.15) is 4.98 Å². The van der Waals surface area contributed by atoms with Crippen molar-refractivity contribution < 1.29 is 4.74 Å². The van der Waals surface area contributed by atoms with Gasteiger partial charge in [-0.25, -0.2) is 4.98 Å². The van der Waals surface area contributed by atoms with Crippen molar-refractivity contribution in [3.05, 3.63) is 28.9 Å². The van der Waals surface area contributed by atoms with Gasteiger partial charge in [0.1, 0.15) is 6.10 Å². The Kier molecular flexibility index (Phi) is 4.40. The summed E-state index contributed by atoms with van der Waals surface area (Å²) in [5.74, 6) is 0.794. The molecule has 1 saturated carbocycles. The van der Waals surface area contributed by atoms with Gasteiger partial charge in [0.15, 0.2) is 0 Å². The van der Waals surface area contributed by atoms with Crippen molar-refractivity contribution in [3.8, 4) is 6.01 Å². The standard InChI is InChI=1S/C18H23BrN2O/c1-18(2,3)13-4-7-15(8-5-13)22-17-20-11-12-10-14(19)6-9-16(12)21-17/h6,9-11,13,15H,4-5,7-8H2,1-3H3. The van der Waals surface area contributed by atoms with E-state index in [1.165, 1.54) is 12.8 Å². The van der Waals surface area contributed by atoms with Crippen LogP contribution in [-0.2, 0) is 0 Å². The molecule has 1 heterocycles. The molecule has 4 heteroatoms. The third kappa shape index (κ3) is 3.60. The number of hydrogen-bond donors (Lipinski definition) is 0. The summed E-state index contributed by atoms with van der Waals surface area (Å²) in [5, 5.41) is 1.03. The van der Waals surface area contributed by atoms with Crippen LogP contribution in [0.1, 0.15) is 46.5 Å². The Labute approximate surface area is 140 Å². The fourth-order valence-electron chi connectivity index (χ4n) is 3.24. The zero-order chi connectivity index (χ0) is 15.7. The van der Waals surface area contributed by atoms with Crippen molar-refractivity contribution >= 4 is 26.8 Å². The summed E-state index contributed by atoms with van der Waals surface area (Å²) >= 11 is 3.47. The molecule has 1 aliphatic rings. The van der Waals surface area contributed by atoms with Gasteiger partial charge >= 0.3 is 6.01 Å². The Morgan fingerprint density at radius 2 is 1.86 bits per heavy atom. The molecule has 1 aromatic carbocycles. The van der Waals surface area contributed by atoms with Crippen molar-refractivity contribution in [2.45, 2.75) is 52.6 Å². The van der Waals surface area contributed by atoms with Gasteiger partial charge < -0.3 is 4.74 Å². The van der Waals surface area contributed by atoms with Crippen molar-refractivity contribution in [1.29, 1.82) is 0 Å². The lowest BCUT2D eigenvalue weighted by molar-refractivity contribution is 0.0820. The highest BCUT2D eigenvalue weighted by molar-refractivity contribution is 9.10. The first kappa shape index (κ1) is 15.7. The highest BCUT2D eigenvalue weighted by atomic mass is 79.9. The molecule has 0 amide bonds. The second-order valence-electron chi connectivity index (χ2n) is 7.31. The van der Waals surface area contributed by atoms with Gasteiger partial charge in [0.2, 0.25) is 0 Å². The molecule has 3 nitrogen and oxygen atoms in total. The van der Waals surface area contributed by atoms with Crippen molar-refractivity contribution in [1.82, 2.24) is 9.97 Å². The molecule has 1 aliphatic carbocycles. The highest BCUT2D eigenvalue weighted by Gasteiger charge is 2.30. The first-order valence-corrected chi connectivity index (χ1v) is 8.80. The molecule has 0 saturated heterocycles. The number of halogens is 1. The summed E-state index contributed by atoms with van der Waals surface area (Å²) in [6.45, 7) is 7.01. The van der Waals surface area contributed by atoms with E-state index in [0.717, 1.165) is 34.1 Å². The summed E-state index contributed by atoms with van der Waals surface area (Å²) in [6.07, 6.45) is 6.76. The smallest absolute Gasteiger partial charge is 0.317 e. The minimum atomic E-state index is 0.256. The van der Waals surface area contributed by atoms with Crippen LogP contribution >= 0.6 is 15.9 Å². The predicted molar refractivity (Wildman–Crippen MR) is 93.1 cm³/mol. The van der Waals surface area contributed by atoms with Crippen molar-refractivity contribution in [2.75, 3.05) is 0 Å². The van der Waals surface area contributed by atoms with Gasteiger partial charge in [0.25, 0.3) is 0 Å². The normalized spacial score (nSPS) is 22.7. The molecule has 0 spiro atoms. The molecule has 0 bridgehead atoms. The Balaban J connectivity index is 1.66. The van der Waals surface area contributed by atoms with Crippen LogP contribution in [0.5, 0.6) is 6.01 Å². The molecule has 1 aromatic heterocycles. The first-order chi connectivity index (χ1) is 10.4. The third-order valence-corrected chi connectivity index (χ3v) is 5.18. The minimum absolute atomic E-state index is 0.256. The third-order valence-electron chi connectivity index (χ3n) is 4.69. The second kappa shape index (κ2) is 6.15. The lowest BCUT2D eigenvalue weighted by Crippen LogP contribution is -2.30. The molecule has 118 valence electrons. The van der Waals surface area contributed by atoms with Gasteiger partial charge in [-0.1, -0.05) is 36.7 Å². The van der Waals surface area contributed by atoms with Gasteiger partial charge in [0, 0.05) is 16.1 Å². The van der Waals surface area contributed by atoms with Crippen LogP contribution in [0, 0.1) is 11.3 Å². The highest BCUT2D eigenvalue weighted by Crippen LogP contribution is 2.38. The monoisotopic (exact) mass is 362 g/mol. The van der Waals surface area contributed by atoms with E-state index >= 15 is 0 Å². The zero-order valence-corrected chi connectivity index (χ0v) is 15.1. The minimum Gasteiger partial charge on any atom is -0.460 e. The van der Waals surface area contributed by atoms with Crippen LogP contribution in [-0.4, -0.2) is 16.1 Å². The summed E-state index contributed by atoms with van der Waals surface area (Å²) in [6, 6.07) is 6.51. The van der Waals surface area contributed by atoms with Crippen LogP contribution in [0.3, 0.4) is 0 Å². The summed E-state index contributed by atoms with van der Waals surface area (Å²) in [5.41, 5.74) is 1.33. The Bertz CT molecular complexity index is 658. The maximum atomic E-state index is 6.02. The van der Waals surface area contributed by atoms with Crippen LogP contribution in [0.25, 0.3) is 10.9 Å². The molecular weight excluding hydrogens is 340 g/mol. The maximum Gasteiger partial charge on any atom is 0.317 e. The Morgan fingerprint density at radius 3 is 2.55 bits per heavy atom. The average Bonchev–Trinajstić information content (AvgIpc) is 2.47. The van der Waals surface area contributed by atoms with Crippen molar-refractivity contribution in [2.24, 2.45) is 11.3 Å². The molecule has 0 N–H and O–H groups in total. The fraction of sp³-hybridized carbons (Fsp3) is 0.556. The van der Waals surface area contributed by atoms with E-state index in [2.05, 4.69) is 46.7 Å². The van der Waals surface area contributed by atoms with Gasteiger partial charge in [-0.15, -0.1) is 0 Å². The molecule has 2 aromatic rings.